The second-order valence-electron chi connectivity index (χ2n) is 3.95. The average Bonchev–Trinajstić information content (AvgIpc) is 2.82. The molecule has 0 aliphatic carbocycles. The van der Waals surface area contributed by atoms with Gasteiger partial charge in [-0.2, -0.15) is 5.10 Å². The summed E-state index contributed by atoms with van der Waals surface area (Å²) in [5, 5.41) is 9.83. The van der Waals surface area contributed by atoms with Gasteiger partial charge in [-0.1, -0.05) is 0 Å². The molecule has 100 valence electrons. The summed E-state index contributed by atoms with van der Waals surface area (Å²) in [4.78, 5) is 20.1. The molecule has 0 unspecified atom stereocenters. The molecule has 7 nitrogen and oxygen atoms in total. The fourth-order valence-electron chi connectivity index (χ4n) is 1.58. The van der Waals surface area contributed by atoms with Crippen molar-refractivity contribution in [2.75, 3.05) is 11.9 Å². The maximum absolute atomic E-state index is 11.9. The van der Waals surface area contributed by atoms with E-state index in [-0.39, 0.29) is 5.91 Å². The quantitative estimate of drug-likeness (QED) is 0.821. The van der Waals surface area contributed by atoms with Crippen molar-refractivity contribution >= 4 is 11.7 Å². The van der Waals surface area contributed by atoms with Crippen molar-refractivity contribution in [1.82, 2.24) is 25.1 Å². The number of anilines is 1. The molecule has 2 aromatic heterocycles. The van der Waals surface area contributed by atoms with Crippen molar-refractivity contribution < 1.29 is 4.79 Å². The van der Waals surface area contributed by atoms with Crippen LogP contribution in [0.15, 0.2) is 24.7 Å². The number of nitrogens with zero attached hydrogens (tertiary/aromatic N) is 4. The van der Waals surface area contributed by atoms with E-state index >= 15 is 0 Å². The molecular formula is C12H16N6O. The van der Waals surface area contributed by atoms with E-state index in [1.54, 1.807) is 17.1 Å². The van der Waals surface area contributed by atoms with Crippen LogP contribution in [0.25, 0.3) is 0 Å². The summed E-state index contributed by atoms with van der Waals surface area (Å²) in [6.45, 7) is 3.09. The van der Waals surface area contributed by atoms with Gasteiger partial charge in [-0.15, -0.1) is 0 Å². The van der Waals surface area contributed by atoms with Gasteiger partial charge in [0.15, 0.2) is 0 Å². The lowest BCUT2D eigenvalue weighted by Gasteiger charge is -2.06. The molecular weight excluding hydrogens is 244 g/mol. The molecule has 1 amide bonds. The largest absolute Gasteiger partial charge is 0.369 e. The SMILES string of the molecule is CCNc1cncc(C(=O)NCc2ccnn2C)n1. The van der Waals surface area contributed by atoms with Crippen LogP contribution in [0.5, 0.6) is 0 Å². The number of carbonyl (C=O) groups is 1. The molecule has 2 heterocycles. The molecule has 0 aliphatic rings. The van der Waals surface area contributed by atoms with Gasteiger partial charge >= 0.3 is 0 Å². The van der Waals surface area contributed by atoms with Gasteiger partial charge in [0.2, 0.25) is 0 Å². The van der Waals surface area contributed by atoms with Crippen LogP contribution in [0.4, 0.5) is 5.82 Å². The van der Waals surface area contributed by atoms with E-state index in [0.29, 0.717) is 18.1 Å². The topological polar surface area (TPSA) is 84.7 Å². The molecule has 2 aromatic rings. The summed E-state index contributed by atoms with van der Waals surface area (Å²) in [6, 6.07) is 1.85. The monoisotopic (exact) mass is 260 g/mol. The van der Waals surface area contributed by atoms with E-state index in [0.717, 1.165) is 12.2 Å². The second-order valence-corrected chi connectivity index (χ2v) is 3.95. The van der Waals surface area contributed by atoms with Crippen molar-refractivity contribution in [3.8, 4) is 0 Å². The summed E-state index contributed by atoms with van der Waals surface area (Å²) >= 11 is 0. The molecule has 0 spiro atoms. The van der Waals surface area contributed by atoms with Crippen LogP contribution in [-0.4, -0.2) is 32.2 Å². The molecule has 0 saturated carbocycles. The van der Waals surface area contributed by atoms with Crippen LogP contribution >= 0.6 is 0 Å². The number of aryl methyl sites for hydroxylation is 1. The maximum Gasteiger partial charge on any atom is 0.271 e. The summed E-state index contributed by atoms with van der Waals surface area (Å²) < 4.78 is 1.71. The van der Waals surface area contributed by atoms with Gasteiger partial charge in [-0.05, 0) is 13.0 Å². The van der Waals surface area contributed by atoms with E-state index in [1.165, 1.54) is 6.20 Å². The number of amides is 1. The number of nitrogens with one attached hydrogen (secondary N) is 2. The summed E-state index contributed by atoms with van der Waals surface area (Å²) in [5.74, 6) is 0.337. The lowest BCUT2D eigenvalue weighted by Crippen LogP contribution is -2.25. The molecule has 2 rings (SSSR count). The molecule has 0 radical (unpaired) electrons. The van der Waals surface area contributed by atoms with Crippen molar-refractivity contribution in [2.45, 2.75) is 13.5 Å². The van der Waals surface area contributed by atoms with Crippen LogP contribution in [0.2, 0.25) is 0 Å². The van der Waals surface area contributed by atoms with Gasteiger partial charge in [0.1, 0.15) is 11.5 Å². The summed E-state index contributed by atoms with van der Waals surface area (Å²) in [5.41, 5.74) is 1.21. The van der Waals surface area contributed by atoms with Crippen LogP contribution in [0, 0.1) is 0 Å². The van der Waals surface area contributed by atoms with E-state index < -0.39 is 0 Å². The first-order chi connectivity index (χ1) is 9.20. The lowest BCUT2D eigenvalue weighted by molar-refractivity contribution is 0.0944. The first kappa shape index (κ1) is 13.0. The van der Waals surface area contributed by atoms with Gasteiger partial charge in [0, 0.05) is 19.8 Å². The Balaban J connectivity index is 2.00. The minimum absolute atomic E-state index is 0.256. The van der Waals surface area contributed by atoms with Crippen molar-refractivity contribution in [2.24, 2.45) is 7.05 Å². The zero-order valence-corrected chi connectivity index (χ0v) is 10.9. The minimum Gasteiger partial charge on any atom is -0.369 e. The Morgan fingerprint density at radius 1 is 1.42 bits per heavy atom. The highest BCUT2D eigenvalue weighted by Gasteiger charge is 2.09. The van der Waals surface area contributed by atoms with Crippen LogP contribution in [0.1, 0.15) is 23.1 Å². The van der Waals surface area contributed by atoms with E-state index in [4.69, 9.17) is 0 Å². The Morgan fingerprint density at radius 3 is 2.95 bits per heavy atom. The fraction of sp³-hybridized carbons (Fsp3) is 0.333. The predicted octanol–water partition coefficient (Wildman–Crippen LogP) is 0.572. The standard InChI is InChI=1S/C12H16N6O/c1-3-14-11-8-13-7-10(17-11)12(19)15-6-9-4-5-16-18(9)2/h4-5,7-8H,3,6H2,1-2H3,(H,14,17)(H,15,19). The van der Waals surface area contributed by atoms with Gasteiger partial charge in [-0.25, -0.2) is 4.98 Å². The van der Waals surface area contributed by atoms with Gasteiger partial charge in [0.05, 0.1) is 24.6 Å². The second kappa shape index (κ2) is 5.94. The lowest BCUT2D eigenvalue weighted by atomic mass is 10.3. The van der Waals surface area contributed by atoms with Crippen molar-refractivity contribution in [3.05, 3.63) is 36.0 Å². The number of rotatable bonds is 5. The minimum atomic E-state index is -0.256. The molecule has 2 N–H and O–H groups in total. The summed E-state index contributed by atoms with van der Waals surface area (Å²) in [7, 11) is 1.83. The normalized spacial score (nSPS) is 10.2. The maximum atomic E-state index is 11.9. The molecule has 0 bridgehead atoms. The summed E-state index contributed by atoms with van der Waals surface area (Å²) in [6.07, 6.45) is 4.72. The molecule has 0 atom stereocenters. The molecule has 0 aliphatic heterocycles. The smallest absolute Gasteiger partial charge is 0.271 e. The van der Waals surface area contributed by atoms with E-state index in [1.807, 2.05) is 20.0 Å². The Kier molecular flexibility index (Phi) is 4.07. The first-order valence-electron chi connectivity index (χ1n) is 6.01. The van der Waals surface area contributed by atoms with Crippen LogP contribution in [-0.2, 0) is 13.6 Å². The van der Waals surface area contributed by atoms with Crippen molar-refractivity contribution in [1.29, 1.82) is 0 Å². The molecule has 19 heavy (non-hydrogen) atoms. The van der Waals surface area contributed by atoms with Crippen molar-refractivity contribution in [3.63, 3.8) is 0 Å². The Bertz CT molecular complexity index is 565. The van der Waals surface area contributed by atoms with Gasteiger partial charge < -0.3 is 10.6 Å². The van der Waals surface area contributed by atoms with Crippen LogP contribution < -0.4 is 10.6 Å². The molecule has 0 fully saturated rings. The average molecular weight is 260 g/mol. The zero-order valence-electron chi connectivity index (χ0n) is 10.9. The Hall–Kier alpha value is -2.44. The highest BCUT2D eigenvalue weighted by molar-refractivity contribution is 5.92. The Labute approximate surface area is 111 Å². The van der Waals surface area contributed by atoms with E-state index in [9.17, 15) is 4.79 Å². The fourth-order valence-corrected chi connectivity index (χ4v) is 1.58. The van der Waals surface area contributed by atoms with E-state index in [2.05, 4.69) is 25.7 Å². The first-order valence-corrected chi connectivity index (χ1v) is 6.01. The third kappa shape index (κ3) is 3.27. The number of hydrogen-bond donors (Lipinski definition) is 2. The molecule has 0 aromatic carbocycles. The van der Waals surface area contributed by atoms with Gasteiger partial charge in [-0.3, -0.25) is 14.5 Å². The third-order valence-electron chi connectivity index (χ3n) is 2.58. The molecule has 7 heteroatoms. The number of hydrogen-bond acceptors (Lipinski definition) is 5. The Morgan fingerprint density at radius 2 is 2.26 bits per heavy atom. The third-order valence-corrected chi connectivity index (χ3v) is 2.58. The van der Waals surface area contributed by atoms with Crippen LogP contribution in [0.3, 0.4) is 0 Å². The zero-order chi connectivity index (χ0) is 13.7. The predicted molar refractivity (Wildman–Crippen MR) is 70.6 cm³/mol. The number of carbonyl (C=O) groups excluding carboxylic acids is 1. The van der Waals surface area contributed by atoms with Gasteiger partial charge in [0.25, 0.3) is 5.91 Å². The highest BCUT2D eigenvalue weighted by Crippen LogP contribution is 2.02. The number of aromatic nitrogens is 4. The molecule has 0 saturated heterocycles. The highest BCUT2D eigenvalue weighted by atomic mass is 16.1.